The molecule has 12 amide bonds. The van der Waals surface area contributed by atoms with E-state index < -0.39 is 230 Å². The first-order valence-corrected chi connectivity index (χ1v) is 34.9. The van der Waals surface area contributed by atoms with Gasteiger partial charge in [-0.2, -0.15) is 0 Å². The Morgan fingerprint density at radius 2 is 1.16 bits per heavy atom. The Labute approximate surface area is 631 Å². The molecule has 0 aliphatic carbocycles. The molecule has 6 rings (SSSR count). The number of para-hydroxylation sites is 2. The summed E-state index contributed by atoms with van der Waals surface area (Å²) in [5.41, 5.74) is 5.35. The van der Waals surface area contributed by atoms with E-state index in [1.54, 1.807) is 48.5 Å². The number of phenolic OH excluding ortho intramolecular Hbond substituents is 1. The molecule has 1 fully saturated rings. The smallest absolute Gasteiger partial charge is 0.355 e. The SMILES string of the molecule is CC(C)CCCCCC/C=C/C(=O)N[C@@H](CO)C(=O)N[C@@H]1C(=O)N[C@H](Cc2c[nH]c3ccccc23)C(=O)N[C@@H](CC(=O)O)C(=O)N[C@@H](CC(=O)O)C(=O)N[C@H](c2ccc(O)cc2)C(=O)N[C@@H](CC(=O)O)C(=O)NCC(=O)N[C@H]([C@H](O)C(N)=O)C(=O)N[C@H](CCC(=O)O)C(=O)N/C(=C\c2c[nH]c3ccccc23)C(=O)O[C@@H]1C. The highest BCUT2D eigenvalue weighted by molar-refractivity contribution is 6.05. The third kappa shape index (κ3) is 27.0. The number of benzene rings is 3. The zero-order valence-electron chi connectivity index (χ0n) is 60.2. The Balaban J connectivity index is 1.52. The molecule has 1 aliphatic heterocycles. The van der Waals surface area contributed by atoms with Crippen molar-refractivity contribution in [3.63, 3.8) is 0 Å². The summed E-state index contributed by atoms with van der Waals surface area (Å²) >= 11 is 0. The Hall–Kier alpha value is -13.1. The summed E-state index contributed by atoms with van der Waals surface area (Å²) in [6.45, 7) is 2.72. The van der Waals surface area contributed by atoms with E-state index >= 15 is 14.4 Å². The largest absolute Gasteiger partial charge is 0.508 e. The number of aliphatic hydroxyl groups is 2. The molecular weight excluding hydrogens is 1460 g/mol. The quantitative estimate of drug-likeness (QED) is 0.0147. The van der Waals surface area contributed by atoms with Gasteiger partial charge in [0.05, 0.1) is 32.4 Å². The Bertz CT molecular complexity index is 4340. The number of carboxylic acid groups (broad SMARTS) is 4. The van der Waals surface area contributed by atoms with Crippen molar-refractivity contribution in [2.45, 2.75) is 164 Å². The average molecular weight is 1550 g/mol. The minimum Gasteiger partial charge on any atom is -0.508 e. The number of amides is 12. The van der Waals surface area contributed by atoms with E-state index in [0.29, 0.717) is 40.6 Å². The lowest BCUT2D eigenvalue weighted by Gasteiger charge is -2.29. The van der Waals surface area contributed by atoms with Crippen LogP contribution in [0.25, 0.3) is 27.9 Å². The van der Waals surface area contributed by atoms with Gasteiger partial charge in [-0.05, 0) is 79.6 Å². The number of nitrogens with one attached hydrogen (secondary N) is 13. The number of aromatic hydroxyl groups is 1. The molecule has 39 nitrogen and oxygen atoms in total. The van der Waals surface area contributed by atoms with Crippen LogP contribution < -0.4 is 64.2 Å². The number of aliphatic hydroxyl groups excluding tert-OH is 2. The highest BCUT2D eigenvalue weighted by atomic mass is 16.5. The van der Waals surface area contributed by atoms with Crippen LogP contribution in [0, 0.1) is 5.92 Å². The first-order valence-electron chi connectivity index (χ1n) is 34.9. The lowest BCUT2D eigenvalue weighted by atomic mass is 10.0. The molecule has 3 aromatic carbocycles. The summed E-state index contributed by atoms with van der Waals surface area (Å²) in [7, 11) is 0. The maximum Gasteiger partial charge on any atom is 0.355 e. The van der Waals surface area contributed by atoms with E-state index in [0.717, 1.165) is 69.0 Å². The van der Waals surface area contributed by atoms with E-state index in [1.807, 2.05) is 21.3 Å². The molecule has 0 saturated carbocycles. The van der Waals surface area contributed by atoms with Gasteiger partial charge in [-0.25, -0.2) is 4.79 Å². The molecule has 0 unspecified atom stereocenters. The van der Waals surface area contributed by atoms with Gasteiger partial charge in [0.2, 0.25) is 70.9 Å². The fourth-order valence-electron chi connectivity index (χ4n) is 11.4. The molecule has 11 atom stereocenters. The number of esters is 1. The van der Waals surface area contributed by atoms with E-state index in [1.165, 1.54) is 18.5 Å². The number of hydrogen-bond acceptors (Lipinski definition) is 21. The van der Waals surface area contributed by atoms with Crippen LogP contribution in [0.4, 0.5) is 0 Å². The van der Waals surface area contributed by atoms with Crippen molar-refractivity contribution in [2.75, 3.05) is 13.2 Å². The van der Waals surface area contributed by atoms with E-state index in [9.17, 15) is 103 Å². The number of fused-ring (bicyclic) bond motifs is 2. The molecule has 1 saturated heterocycles. The van der Waals surface area contributed by atoms with Gasteiger partial charge < -0.3 is 115 Å². The number of H-pyrrole nitrogens is 2. The third-order valence-corrected chi connectivity index (χ3v) is 17.2. The lowest BCUT2D eigenvalue weighted by molar-refractivity contribution is -0.150. The molecule has 596 valence electrons. The van der Waals surface area contributed by atoms with Gasteiger partial charge >= 0.3 is 29.8 Å². The molecule has 0 bridgehead atoms. The first kappa shape index (κ1) is 86.8. The van der Waals surface area contributed by atoms with E-state index in [2.05, 4.69) is 61.0 Å². The number of carbonyl (C=O) groups excluding carboxylic acids is 13. The molecule has 2 aromatic heterocycles. The number of aromatic amines is 2. The van der Waals surface area contributed by atoms with Crippen molar-refractivity contribution in [1.29, 1.82) is 0 Å². The van der Waals surface area contributed by atoms with Gasteiger partial charge in [0.1, 0.15) is 71.9 Å². The minimum absolute atomic E-state index is 0.0974. The molecule has 0 radical (unpaired) electrons. The normalized spacial score (nSPS) is 21.6. The number of allylic oxidation sites excluding steroid dienone is 1. The molecule has 3 heterocycles. The van der Waals surface area contributed by atoms with Crippen molar-refractivity contribution in [1.82, 2.24) is 68.5 Å². The number of hydrogen-bond donors (Lipinski definition) is 21. The first-order chi connectivity index (χ1) is 52.6. The van der Waals surface area contributed by atoms with Crippen molar-refractivity contribution < 1.29 is 122 Å². The fourth-order valence-corrected chi connectivity index (χ4v) is 11.4. The number of carboxylic acids is 4. The van der Waals surface area contributed by atoms with Gasteiger partial charge in [0.15, 0.2) is 6.10 Å². The van der Waals surface area contributed by atoms with E-state index in [-0.39, 0.29) is 16.7 Å². The van der Waals surface area contributed by atoms with Gasteiger partial charge in [-0.15, -0.1) is 0 Å². The molecule has 22 N–H and O–H groups in total. The summed E-state index contributed by atoms with van der Waals surface area (Å²) in [6, 6.07) is -3.36. The number of nitrogens with two attached hydrogens (primary N) is 1. The van der Waals surface area contributed by atoms with Crippen LogP contribution in [0.3, 0.4) is 0 Å². The maximum absolute atomic E-state index is 15.4. The predicted molar refractivity (Wildman–Crippen MR) is 387 cm³/mol. The topological polar surface area (TPSA) is 631 Å². The molecule has 111 heavy (non-hydrogen) atoms. The standard InChI is InChI=1S/C72H88N14O25/c1-35(2)14-8-6-4-5-7-9-19-52(89)77-51(34-87)68(106)85-58-36(3)111-72(110)50(27-39-32-75-44-18-13-11-16-42(39)44)83-64(102)45(24-25-54(91)92)78-71(109)60(61(99)62(73)100)84-53(90)33-76-63(101)47(28-55(93)94)82-70(108)59(37-20-22-40(88)23-21-37)86-67(105)49(30-57(97)98)80-66(104)48(29-56(95)96)79-65(103)46(81-69(58)107)26-38-31-74-43-17-12-10-15-41(38)43/h9-13,15-23,27,31-32,35-36,45-49,51,58-61,74-75,87-88,99H,4-8,14,24-26,28-30,33-34H2,1-3H3,(H2,73,100)(H,76,101)(H,77,89)(H,78,109)(H,79,103)(H,80,104)(H,81,107)(H,82,108)(H,83,102)(H,84,90)(H,85,106)(H,86,105)(H,91,92)(H,93,94)(H,95,96)(H,97,98)/b19-9+,50-27-/t36-,45-,46-,47+,48+,49+,51+,58+,59-,60-,61+/m1/s1. The van der Waals surface area contributed by atoms with Crippen molar-refractivity contribution in [3.8, 4) is 5.75 Å². The summed E-state index contributed by atoms with van der Waals surface area (Å²) < 4.78 is 5.86. The van der Waals surface area contributed by atoms with Gasteiger partial charge in [-0.3, -0.25) is 76.7 Å². The zero-order valence-corrected chi connectivity index (χ0v) is 60.2. The maximum atomic E-state index is 15.4. The Kier molecular flexibility index (Phi) is 32.8. The summed E-state index contributed by atoms with van der Waals surface area (Å²) in [6.07, 6.45) is -0.0736. The number of unbranched alkanes of at least 4 members (excludes halogenated alkanes) is 4. The van der Waals surface area contributed by atoms with Crippen LogP contribution in [0.5, 0.6) is 5.75 Å². The van der Waals surface area contributed by atoms with Crippen LogP contribution in [0.2, 0.25) is 0 Å². The van der Waals surface area contributed by atoms with Gasteiger partial charge in [0, 0.05) is 52.6 Å². The Morgan fingerprint density at radius 1 is 0.613 bits per heavy atom. The number of primary amides is 1. The highest BCUT2D eigenvalue weighted by Crippen LogP contribution is 2.24. The summed E-state index contributed by atoms with van der Waals surface area (Å²) in [5, 5.41) is 96.1. The summed E-state index contributed by atoms with van der Waals surface area (Å²) in [4.78, 5) is 241. The third-order valence-electron chi connectivity index (χ3n) is 17.2. The number of aliphatic carboxylic acids is 4. The molecule has 5 aromatic rings. The van der Waals surface area contributed by atoms with Crippen molar-refractivity contribution in [3.05, 3.63) is 120 Å². The van der Waals surface area contributed by atoms with Crippen LogP contribution in [-0.2, 0) is 92.7 Å². The lowest BCUT2D eigenvalue weighted by Crippen LogP contribution is -2.62. The number of carbonyl (C=O) groups is 17. The highest BCUT2D eigenvalue weighted by Gasteiger charge is 2.41. The second-order valence-electron chi connectivity index (χ2n) is 26.2. The monoisotopic (exact) mass is 1550 g/mol. The molecular formula is C72H88N14O25. The predicted octanol–water partition coefficient (Wildman–Crippen LogP) is -2.47. The number of ether oxygens (including phenoxy) is 1. The minimum atomic E-state index is -2.73. The second kappa shape index (κ2) is 41.9. The Morgan fingerprint density at radius 3 is 1.77 bits per heavy atom. The summed E-state index contributed by atoms with van der Waals surface area (Å²) in [5.74, 6) is -26.4. The van der Waals surface area contributed by atoms with Crippen molar-refractivity contribution in [2.24, 2.45) is 11.7 Å². The van der Waals surface area contributed by atoms with Crippen LogP contribution in [-0.4, -0.2) is 220 Å². The fraction of sp³-hybridized carbons (Fsp3) is 0.403. The van der Waals surface area contributed by atoms with Crippen LogP contribution >= 0.6 is 0 Å². The number of cyclic esters (lactones) is 1. The van der Waals surface area contributed by atoms with Gasteiger partial charge in [-0.1, -0.05) is 94.1 Å². The molecule has 1 aliphatic rings. The van der Waals surface area contributed by atoms with Crippen LogP contribution in [0.1, 0.15) is 114 Å². The number of rotatable bonds is 27. The average Bonchev–Trinajstić information content (AvgIpc) is 1.71. The number of phenols is 1. The number of aromatic nitrogens is 2. The van der Waals surface area contributed by atoms with E-state index in [4.69, 9.17) is 10.5 Å². The van der Waals surface area contributed by atoms with Crippen LogP contribution in [0.15, 0.2) is 103 Å². The molecule has 0 spiro atoms. The second-order valence-corrected chi connectivity index (χ2v) is 26.2. The molecule has 39 heteroatoms. The zero-order chi connectivity index (χ0) is 81.8. The van der Waals surface area contributed by atoms with Gasteiger partial charge in [0.25, 0.3) is 0 Å². The van der Waals surface area contributed by atoms with Crippen molar-refractivity contribution >= 4 is 129 Å².